The number of oxime groups is 1. The number of nitrogens with zero attached hydrogens (tertiary/aromatic N) is 2. The summed E-state index contributed by atoms with van der Waals surface area (Å²) in [6, 6.07) is 6.11. The lowest BCUT2D eigenvalue weighted by Gasteiger charge is -2.35. The molecule has 5 heteroatoms. The van der Waals surface area contributed by atoms with E-state index in [9.17, 15) is 9.18 Å². The SMILES string of the molecule is C[C@H]1CCCN(C(=O)[C@@]2(C)CC(c3ccc(F)cc3)=NO2)C1. The van der Waals surface area contributed by atoms with Gasteiger partial charge < -0.3 is 9.74 Å². The number of piperidine rings is 1. The number of halogens is 1. The van der Waals surface area contributed by atoms with Crippen molar-refractivity contribution in [3.63, 3.8) is 0 Å². The molecular formula is C17H21FN2O2. The Morgan fingerprint density at radius 3 is 2.82 bits per heavy atom. The maximum atomic E-state index is 13.0. The van der Waals surface area contributed by atoms with E-state index in [1.807, 2.05) is 4.90 Å². The van der Waals surface area contributed by atoms with Gasteiger partial charge in [-0.2, -0.15) is 0 Å². The first kappa shape index (κ1) is 15.0. The molecule has 2 aliphatic rings. The Balaban J connectivity index is 1.71. The van der Waals surface area contributed by atoms with Crippen LogP contribution in [-0.4, -0.2) is 35.2 Å². The third-order valence-electron chi connectivity index (χ3n) is 4.44. The number of hydrogen-bond donors (Lipinski definition) is 0. The molecule has 0 N–H and O–H groups in total. The maximum absolute atomic E-state index is 13.0. The molecule has 0 saturated carbocycles. The summed E-state index contributed by atoms with van der Waals surface area (Å²) in [5.74, 6) is 0.240. The van der Waals surface area contributed by atoms with Crippen LogP contribution in [0.4, 0.5) is 4.39 Å². The number of carbonyl (C=O) groups is 1. The van der Waals surface area contributed by atoms with Gasteiger partial charge in [-0.25, -0.2) is 4.39 Å². The molecule has 0 bridgehead atoms. The second-order valence-electron chi connectivity index (χ2n) is 6.54. The molecule has 1 aromatic carbocycles. The lowest BCUT2D eigenvalue weighted by atomic mass is 9.92. The number of rotatable bonds is 2. The van der Waals surface area contributed by atoms with Gasteiger partial charge in [-0.15, -0.1) is 0 Å². The minimum absolute atomic E-state index is 0.0000818. The quantitative estimate of drug-likeness (QED) is 0.843. The van der Waals surface area contributed by atoms with Crippen molar-refractivity contribution in [1.82, 2.24) is 4.90 Å². The first-order valence-corrected chi connectivity index (χ1v) is 7.78. The van der Waals surface area contributed by atoms with Crippen molar-refractivity contribution in [2.75, 3.05) is 13.1 Å². The van der Waals surface area contributed by atoms with Crippen molar-refractivity contribution in [3.05, 3.63) is 35.6 Å². The molecule has 0 spiro atoms. The van der Waals surface area contributed by atoms with Crippen LogP contribution in [-0.2, 0) is 9.63 Å². The van der Waals surface area contributed by atoms with Gasteiger partial charge in [0.1, 0.15) is 5.82 Å². The predicted octanol–water partition coefficient (Wildman–Crippen LogP) is 2.97. The van der Waals surface area contributed by atoms with Crippen LogP contribution < -0.4 is 0 Å². The molecule has 22 heavy (non-hydrogen) atoms. The highest BCUT2D eigenvalue weighted by atomic mass is 19.1. The van der Waals surface area contributed by atoms with Crippen molar-refractivity contribution in [2.45, 2.75) is 38.7 Å². The molecule has 0 aliphatic carbocycles. The monoisotopic (exact) mass is 304 g/mol. The van der Waals surface area contributed by atoms with Crippen molar-refractivity contribution in [2.24, 2.45) is 11.1 Å². The largest absolute Gasteiger partial charge is 0.379 e. The van der Waals surface area contributed by atoms with E-state index < -0.39 is 5.60 Å². The third-order valence-corrected chi connectivity index (χ3v) is 4.44. The van der Waals surface area contributed by atoms with Gasteiger partial charge in [0.2, 0.25) is 5.60 Å². The zero-order valence-corrected chi connectivity index (χ0v) is 13.0. The Bertz CT molecular complexity index is 599. The number of amides is 1. The molecule has 0 radical (unpaired) electrons. The average Bonchev–Trinajstić information content (AvgIpc) is 2.91. The summed E-state index contributed by atoms with van der Waals surface area (Å²) < 4.78 is 13.0. The topological polar surface area (TPSA) is 41.9 Å². The lowest BCUT2D eigenvalue weighted by Crippen LogP contribution is -2.50. The molecule has 3 rings (SSSR count). The molecule has 2 aliphatic heterocycles. The van der Waals surface area contributed by atoms with E-state index in [1.54, 1.807) is 19.1 Å². The summed E-state index contributed by atoms with van der Waals surface area (Å²) in [5, 5.41) is 4.07. The maximum Gasteiger partial charge on any atom is 0.269 e. The number of carbonyl (C=O) groups excluding carboxylic acids is 1. The van der Waals surface area contributed by atoms with Crippen LogP contribution in [0.15, 0.2) is 29.4 Å². The highest BCUT2D eigenvalue weighted by molar-refractivity contribution is 6.05. The molecule has 1 aromatic rings. The summed E-state index contributed by atoms with van der Waals surface area (Å²) in [6.45, 7) is 5.52. The Morgan fingerprint density at radius 2 is 2.14 bits per heavy atom. The highest BCUT2D eigenvalue weighted by Crippen LogP contribution is 2.30. The fourth-order valence-corrected chi connectivity index (χ4v) is 3.16. The van der Waals surface area contributed by atoms with Gasteiger partial charge in [-0.3, -0.25) is 4.79 Å². The Hall–Kier alpha value is -1.91. The number of benzene rings is 1. The minimum atomic E-state index is -0.944. The van der Waals surface area contributed by atoms with Crippen LogP contribution in [0.3, 0.4) is 0 Å². The molecule has 2 heterocycles. The molecule has 0 unspecified atom stereocenters. The fraction of sp³-hybridized carbons (Fsp3) is 0.529. The van der Waals surface area contributed by atoms with Gasteiger partial charge in [0.25, 0.3) is 5.91 Å². The molecule has 1 saturated heterocycles. The Kier molecular flexibility index (Phi) is 3.89. The van der Waals surface area contributed by atoms with E-state index >= 15 is 0 Å². The third kappa shape index (κ3) is 2.85. The average molecular weight is 304 g/mol. The van der Waals surface area contributed by atoms with Crippen LogP contribution in [0.2, 0.25) is 0 Å². The summed E-state index contributed by atoms with van der Waals surface area (Å²) in [5.41, 5.74) is 0.548. The van der Waals surface area contributed by atoms with Gasteiger partial charge in [0, 0.05) is 19.5 Å². The normalized spacial score (nSPS) is 28.2. The molecule has 2 atom stereocenters. The van der Waals surface area contributed by atoms with Gasteiger partial charge >= 0.3 is 0 Å². The van der Waals surface area contributed by atoms with E-state index in [-0.39, 0.29) is 11.7 Å². The van der Waals surface area contributed by atoms with Crippen LogP contribution in [0, 0.1) is 11.7 Å². The summed E-state index contributed by atoms with van der Waals surface area (Å²) in [6.07, 6.45) is 2.62. The van der Waals surface area contributed by atoms with Crippen LogP contribution in [0.25, 0.3) is 0 Å². The van der Waals surface area contributed by atoms with Crippen LogP contribution >= 0.6 is 0 Å². The predicted molar refractivity (Wildman–Crippen MR) is 82.0 cm³/mol. The molecule has 118 valence electrons. The summed E-state index contributed by atoms with van der Waals surface area (Å²) in [7, 11) is 0. The Labute approximate surface area is 129 Å². The van der Waals surface area contributed by atoms with Crippen molar-refractivity contribution in [1.29, 1.82) is 0 Å². The highest BCUT2D eigenvalue weighted by Gasteiger charge is 2.45. The molecule has 1 amide bonds. The second kappa shape index (κ2) is 5.71. The lowest BCUT2D eigenvalue weighted by molar-refractivity contribution is -0.155. The van der Waals surface area contributed by atoms with Crippen LogP contribution in [0.5, 0.6) is 0 Å². The molecule has 1 fully saturated rings. The van der Waals surface area contributed by atoms with E-state index in [0.29, 0.717) is 18.1 Å². The standard InChI is InChI=1S/C17H21FN2O2/c1-12-4-3-9-20(11-12)16(21)17(2)10-15(19-22-17)13-5-7-14(18)8-6-13/h5-8,12H,3-4,9-11H2,1-2H3/t12-,17+/m0/s1. The smallest absolute Gasteiger partial charge is 0.269 e. The first-order valence-electron chi connectivity index (χ1n) is 7.78. The van der Waals surface area contributed by atoms with E-state index in [2.05, 4.69) is 12.1 Å². The Morgan fingerprint density at radius 1 is 1.41 bits per heavy atom. The van der Waals surface area contributed by atoms with E-state index in [4.69, 9.17) is 4.84 Å². The summed E-state index contributed by atoms with van der Waals surface area (Å²) >= 11 is 0. The second-order valence-corrected chi connectivity index (χ2v) is 6.54. The van der Waals surface area contributed by atoms with Crippen molar-refractivity contribution in [3.8, 4) is 0 Å². The van der Waals surface area contributed by atoms with Crippen molar-refractivity contribution < 1.29 is 14.0 Å². The molecule has 4 nitrogen and oxygen atoms in total. The zero-order valence-electron chi connectivity index (χ0n) is 13.0. The van der Waals surface area contributed by atoms with Gasteiger partial charge in [0.15, 0.2) is 0 Å². The first-order chi connectivity index (χ1) is 10.5. The van der Waals surface area contributed by atoms with Crippen LogP contribution in [0.1, 0.15) is 38.7 Å². The van der Waals surface area contributed by atoms with Crippen molar-refractivity contribution >= 4 is 11.6 Å². The van der Waals surface area contributed by atoms with Gasteiger partial charge in [-0.05, 0) is 43.4 Å². The number of likely N-dealkylation sites (tertiary alicyclic amines) is 1. The molecular weight excluding hydrogens is 283 g/mol. The van der Waals surface area contributed by atoms with Gasteiger partial charge in [-0.1, -0.05) is 24.2 Å². The van der Waals surface area contributed by atoms with E-state index in [0.717, 1.165) is 25.1 Å². The van der Waals surface area contributed by atoms with E-state index in [1.165, 1.54) is 18.6 Å². The zero-order chi connectivity index (χ0) is 15.7. The number of hydrogen-bond acceptors (Lipinski definition) is 3. The van der Waals surface area contributed by atoms with Gasteiger partial charge in [0.05, 0.1) is 5.71 Å². The fourth-order valence-electron chi connectivity index (χ4n) is 3.16. The minimum Gasteiger partial charge on any atom is -0.379 e. The molecule has 0 aromatic heterocycles. The summed E-state index contributed by atoms with van der Waals surface area (Å²) in [4.78, 5) is 20.1.